The molecule has 3 nitrogen and oxygen atoms in total. The Morgan fingerprint density at radius 2 is 2.22 bits per heavy atom. The van der Waals surface area contributed by atoms with Gasteiger partial charge in [-0.2, -0.15) is 0 Å². The number of furan rings is 1. The number of rotatable bonds is 5. The Kier molecular flexibility index (Phi) is 3.87. The maximum absolute atomic E-state index is 13.4. The van der Waals surface area contributed by atoms with E-state index in [9.17, 15) is 4.39 Å². The van der Waals surface area contributed by atoms with Crippen molar-refractivity contribution < 1.29 is 13.5 Å². The molecule has 0 bridgehead atoms. The van der Waals surface area contributed by atoms with E-state index in [0.29, 0.717) is 11.4 Å². The Labute approximate surface area is 106 Å². The van der Waals surface area contributed by atoms with Gasteiger partial charge in [0.25, 0.3) is 0 Å². The monoisotopic (exact) mass is 249 g/mol. The van der Waals surface area contributed by atoms with E-state index in [1.807, 2.05) is 19.1 Å². The van der Waals surface area contributed by atoms with E-state index in [1.165, 1.54) is 19.2 Å². The molecular formula is C14H16FNO2. The molecule has 1 heterocycles. The third-order valence-corrected chi connectivity index (χ3v) is 2.74. The van der Waals surface area contributed by atoms with Crippen molar-refractivity contribution in [3.8, 4) is 5.75 Å². The first-order chi connectivity index (χ1) is 8.72. The van der Waals surface area contributed by atoms with Gasteiger partial charge in [-0.3, -0.25) is 0 Å². The van der Waals surface area contributed by atoms with Crippen LogP contribution >= 0.6 is 0 Å². The second-order valence-corrected chi connectivity index (χ2v) is 4.00. The fourth-order valence-corrected chi connectivity index (χ4v) is 1.83. The number of hydrogen-bond donors (Lipinski definition) is 1. The summed E-state index contributed by atoms with van der Waals surface area (Å²) >= 11 is 0. The predicted molar refractivity (Wildman–Crippen MR) is 68.3 cm³/mol. The molecule has 0 amide bonds. The molecule has 1 atom stereocenters. The summed E-state index contributed by atoms with van der Waals surface area (Å²) in [7, 11) is 1.52. The van der Waals surface area contributed by atoms with Gasteiger partial charge in [0.2, 0.25) is 0 Å². The van der Waals surface area contributed by atoms with Crippen molar-refractivity contribution >= 4 is 5.69 Å². The Balaban J connectivity index is 2.19. The Morgan fingerprint density at radius 1 is 1.39 bits per heavy atom. The topological polar surface area (TPSA) is 34.4 Å². The third kappa shape index (κ3) is 2.83. The fraction of sp³-hybridized carbons (Fsp3) is 0.286. The maximum Gasteiger partial charge on any atom is 0.128 e. The molecule has 0 aliphatic rings. The van der Waals surface area contributed by atoms with Crippen molar-refractivity contribution in [3.05, 3.63) is 48.2 Å². The minimum Gasteiger partial charge on any atom is -0.497 e. The first-order valence-corrected chi connectivity index (χ1v) is 5.87. The highest BCUT2D eigenvalue weighted by Gasteiger charge is 2.12. The Bertz CT molecular complexity index is 497. The van der Waals surface area contributed by atoms with Gasteiger partial charge < -0.3 is 14.5 Å². The molecule has 1 aromatic carbocycles. The van der Waals surface area contributed by atoms with Gasteiger partial charge in [0.05, 0.1) is 19.4 Å². The van der Waals surface area contributed by atoms with E-state index in [2.05, 4.69) is 5.32 Å². The molecule has 2 aromatic rings. The molecule has 1 N–H and O–H groups in total. The standard InChI is InChI=1S/C14H16FNO2/c1-3-13(14-5-4-6-18-14)16-11-7-10(15)8-12(9-11)17-2/h4-9,13,16H,3H2,1-2H3. The number of hydrogen-bond acceptors (Lipinski definition) is 3. The van der Waals surface area contributed by atoms with E-state index in [-0.39, 0.29) is 11.9 Å². The summed E-state index contributed by atoms with van der Waals surface area (Å²) in [4.78, 5) is 0. The predicted octanol–water partition coefficient (Wildman–Crippen LogP) is 3.99. The summed E-state index contributed by atoms with van der Waals surface area (Å²) in [6, 6.07) is 8.30. The first-order valence-electron chi connectivity index (χ1n) is 5.87. The Morgan fingerprint density at radius 3 is 2.83 bits per heavy atom. The molecule has 0 spiro atoms. The summed E-state index contributed by atoms with van der Waals surface area (Å²) in [6.07, 6.45) is 2.47. The van der Waals surface area contributed by atoms with Crippen molar-refractivity contribution in [1.82, 2.24) is 0 Å². The molecule has 0 saturated heterocycles. The van der Waals surface area contributed by atoms with E-state index < -0.39 is 0 Å². The van der Waals surface area contributed by atoms with Gasteiger partial charge in [0.1, 0.15) is 17.3 Å². The number of nitrogens with one attached hydrogen (secondary N) is 1. The normalized spacial score (nSPS) is 12.2. The second kappa shape index (κ2) is 5.58. The molecule has 0 fully saturated rings. The lowest BCUT2D eigenvalue weighted by Gasteiger charge is -2.16. The third-order valence-electron chi connectivity index (χ3n) is 2.74. The molecule has 18 heavy (non-hydrogen) atoms. The van der Waals surface area contributed by atoms with Gasteiger partial charge in [-0.1, -0.05) is 6.92 Å². The average molecular weight is 249 g/mol. The lowest BCUT2D eigenvalue weighted by Crippen LogP contribution is -2.09. The highest BCUT2D eigenvalue weighted by Crippen LogP contribution is 2.26. The van der Waals surface area contributed by atoms with Crippen LogP contribution in [0.1, 0.15) is 25.1 Å². The van der Waals surface area contributed by atoms with Crippen molar-refractivity contribution in [2.45, 2.75) is 19.4 Å². The van der Waals surface area contributed by atoms with E-state index >= 15 is 0 Å². The van der Waals surface area contributed by atoms with Gasteiger partial charge in [-0.25, -0.2) is 4.39 Å². The SMILES string of the molecule is CCC(Nc1cc(F)cc(OC)c1)c1ccco1. The summed E-state index contributed by atoms with van der Waals surface area (Å²) in [5.74, 6) is 0.999. The average Bonchev–Trinajstić information content (AvgIpc) is 2.89. The van der Waals surface area contributed by atoms with Gasteiger partial charge in [-0.15, -0.1) is 0 Å². The summed E-state index contributed by atoms with van der Waals surface area (Å²) in [6.45, 7) is 2.04. The van der Waals surface area contributed by atoms with Crippen LogP contribution < -0.4 is 10.1 Å². The molecule has 4 heteroatoms. The summed E-state index contributed by atoms with van der Waals surface area (Å²) in [5.41, 5.74) is 0.676. The lowest BCUT2D eigenvalue weighted by atomic mass is 10.1. The van der Waals surface area contributed by atoms with Crippen LogP contribution in [0.5, 0.6) is 5.75 Å². The van der Waals surface area contributed by atoms with Crippen molar-refractivity contribution in [1.29, 1.82) is 0 Å². The lowest BCUT2D eigenvalue weighted by molar-refractivity contribution is 0.411. The summed E-state index contributed by atoms with van der Waals surface area (Å²) < 4.78 is 23.8. The second-order valence-electron chi connectivity index (χ2n) is 4.00. The highest BCUT2D eigenvalue weighted by atomic mass is 19.1. The zero-order chi connectivity index (χ0) is 13.0. The molecule has 0 radical (unpaired) electrons. The molecule has 1 aromatic heterocycles. The van der Waals surface area contributed by atoms with E-state index in [4.69, 9.17) is 9.15 Å². The quantitative estimate of drug-likeness (QED) is 0.870. The van der Waals surface area contributed by atoms with Crippen molar-refractivity contribution in [2.24, 2.45) is 0 Å². The highest BCUT2D eigenvalue weighted by molar-refractivity contribution is 5.50. The first kappa shape index (κ1) is 12.5. The largest absolute Gasteiger partial charge is 0.497 e. The molecular weight excluding hydrogens is 233 g/mol. The van der Waals surface area contributed by atoms with Crippen LogP contribution in [0.4, 0.5) is 10.1 Å². The number of halogens is 1. The minimum absolute atomic E-state index is 0.0199. The number of benzene rings is 1. The van der Waals surface area contributed by atoms with Crippen molar-refractivity contribution in [3.63, 3.8) is 0 Å². The van der Waals surface area contributed by atoms with Crippen LogP contribution in [0.2, 0.25) is 0 Å². The van der Waals surface area contributed by atoms with E-state index in [0.717, 1.165) is 12.2 Å². The van der Waals surface area contributed by atoms with Gasteiger partial charge in [0, 0.05) is 17.8 Å². The van der Waals surface area contributed by atoms with E-state index in [1.54, 1.807) is 12.3 Å². The van der Waals surface area contributed by atoms with Gasteiger partial charge in [0.15, 0.2) is 0 Å². The smallest absolute Gasteiger partial charge is 0.128 e. The van der Waals surface area contributed by atoms with Crippen LogP contribution in [0, 0.1) is 5.82 Å². The van der Waals surface area contributed by atoms with Crippen LogP contribution in [0.15, 0.2) is 41.0 Å². The zero-order valence-corrected chi connectivity index (χ0v) is 10.4. The number of ether oxygens (including phenoxy) is 1. The van der Waals surface area contributed by atoms with Gasteiger partial charge >= 0.3 is 0 Å². The Hall–Kier alpha value is -1.97. The number of anilines is 1. The molecule has 1 unspecified atom stereocenters. The fourth-order valence-electron chi connectivity index (χ4n) is 1.83. The molecule has 0 aliphatic heterocycles. The maximum atomic E-state index is 13.4. The van der Waals surface area contributed by atoms with Crippen molar-refractivity contribution in [2.75, 3.05) is 12.4 Å². The molecule has 0 aliphatic carbocycles. The molecule has 0 saturated carbocycles. The summed E-state index contributed by atoms with van der Waals surface area (Å²) in [5, 5.41) is 3.23. The zero-order valence-electron chi connectivity index (χ0n) is 10.4. The van der Waals surface area contributed by atoms with Crippen LogP contribution in [-0.2, 0) is 0 Å². The van der Waals surface area contributed by atoms with Crippen LogP contribution in [0.3, 0.4) is 0 Å². The molecule has 2 rings (SSSR count). The van der Waals surface area contributed by atoms with Gasteiger partial charge in [-0.05, 0) is 24.6 Å². The van der Waals surface area contributed by atoms with Crippen LogP contribution in [-0.4, -0.2) is 7.11 Å². The molecule has 96 valence electrons. The van der Waals surface area contributed by atoms with Crippen LogP contribution in [0.25, 0.3) is 0 Å². The minimum atomic E-state index is -0.328. The number of methoxy groups -OCH3 is 1.